The molecule has 0 spiro atoms. The second kappa shape index (κ2) is 7.85. The van der Waals surface area contributed by atoms with Crippen molar-refractivity contribution in [3.8, 4) is 5.75 Å². The van der Waals surface area contributed by atoms with Crippen molar-refractivity contribution in [1.82, 2.24) is 5.32 Å². The van der Waals surface area contributed by atoms with E-state index in [1.54, 1.807) is 6.92 Å². The predicted octanol–water partition coefficient (Wildman–Crippen LogP) is 2.53. The fourth-order valence-corrected chi connectivity index (χ4v) is 1.91. The third-order valence-electron chi connectivity index (χ3n) is 3.17. The van der Waals surface area contributed by atoms with Gasteiger partial charge in [0.1, 0.15) is 11.6 Å². The van der Waals surface area contributed by atoms with Crippen LogP contribution in [-0.4, -0.2) is 18.6 Å². The van der Waals surface area contributed by atoms with Gasteiger partial charge in [-0.15, -0.1) is 0 Å². The van der Waals surface area contributed by atoms with Crippen molar-refractivity contribution in [2.45, 2.75) is 45.7 Å². The van der Waals surface area contributed by atoms with E-state index in [0.29, 0.717) is 11.3 Å². The highest BCUT2D eigenvalue weighted by molar-refractivity contribution is 5.77. The highest BCUT2D eigenvalue weighted by atomic mass is 19.1. The summed E-state index contributed by atoms with van der Waals surface area (Å²) in [5.74, 6) is -0.106. The first kappa shape index (κ1) is 16.4. The third kappa shape index (κ3) is 4.81. The van der Waals surface area contributed by atoms with Gasteiger partial charge in [-0.1, -0.05) is 13.8 Å². The molecule has 1 amide bonds. The number of carbonyl (C=O) groups excluding carboxylic acids is 1. The average Bonchev–Trinajstić information content (AvgIpc) is 2.43. The second-order valence-electron chi connectivity index (χ2n) is 4.84. The van der Waals surface area contributed by atoms with Gasteiger partial charge in [0.15, 0.2) is 6.61 Å². The third-order valence-corrected chi connectivity index (χ3v) is 3.17. The van der Waals surface area contributed by atoms with Crippen LogP contribution in [0.3, 0.4) is 0 Å². The summed E-state index contributed by atoms with van der Waals surface area (Å²) in [6, 6.07) is 3.92. The van der Waals surface area contributed by atoms with Crippen molar-refractivity contribution in [3.63, 3.8) is 0 Å². The topological polar surface area (TPSA) is 64.3 Å². The molecule has 20 heavy (non-hydrogen) atoms. The van der Waals surface area contributed by atoms with Gasteiger partial charge in [-0.25, -0.2) is 4.39 Å². The lowest BCUT2D eigenvalue weighted by molar-refractivity contribution is -0.123. The summed E-state index contributed by atoms with van der Waals surface area (Å²) in [6.07, 6.45) is 1.76. The lowest BCUT2D eigenvalue weighted by Crippen LogP contribution is -2.37. The van der Waals surface area contributed by atoms with Crippen molar-refractivity contribution >= 4 is 5.91 Å². The van der Waals surface area contributed by atoms with E-state index < -0.39 is 0 Å². The Kier molecular flexibility index (Phi) is 6.45. The fraction of sp³-hybridized carbons (Fsp3) is 0.533. The summed E-state index contributed by atoms with van der Waals surface area (Å²) in [5, 5.41) is 2.88. The molecule has 0 radical (unpaired) electrons. The number of halogens is 1. The van der Waals surface area contributed by atoms with Gasteiger partial charge in [-0.3, -0.25) is 4.79 Å². The molecule has 0 saturated heterocycles. The predicted molar refractivity (Wildman–Crippen MR) is 77.0 cm³/mol. The normalized spacial score (nSPS) is 12.3. The van der Waals surface area contributed by atoms with E-state index in [2.05, 4.69) is 5.32 Å². The van der Waals surface area contributed by atoms with Crippen LogP contribution in [0.4, 0.5) is 4.39 Å². The zero-order valence-electron chi connectivity index (χ0n) is 12.3. The van der Waals surface area contributed by atoms with E-state index in [0.717, 1.165) is 12.8 Å². The molecule has 5 heteroatoms. The number of hydrogen-bond donors (Lipinski definition) is 2. The largest absolute Gasteiger partial charge is 0.483 e. The molecule has 0 aromatic heterocycles. The Morgan fingerprint density at radius 2 is 2.05 bits per heavy atom. The smallest absolute Gasteiger partial charge is 0.258 e. The Labute approximate surface area is 119 Å². The van der Waals surface area contributed by atoms with Crippen molar-refractivity contribution in [1.29, 1.82) is 0 Å². The molecule has 112 valence electrons. The summed E-state index contributed by atoms with van der Waals surface area (Å²) in [6.45, 7) is 5.68. The minimum atomic E-state index is -0.369. The molecule has 1 atom stereocenters. The number of nitrogens with one attached hydrogen (secondary N) is 1. The summed E-state index contributed by atoms with van der Waals surface area (Å²) in [5.41, 5.74) is 6.32. The van der Waals surface area contributed by atoms with E-state index in [1.165, 1.54) is 18.2 Å². The van der Waals surface area contributed by atoms with Gasteiger partial charge in [0.25, 0.3) is 5.91 Å². The van der Waals surface area contributed by atoms with Gasteiger partial charge < -0.3 is 15.8 Å². The fourth-order valence-electron chi connectivity index (χ4n) is 1.91. The molecular formula is C15H23FN2O2. The maximum absolute atomic E-state index is 13.2. The number of ether oxygens (including phenoxy) is 1. The summed E-state index contributed by atoms with van der Waals surface area (Å²) >= 11 is 0. The van der Waals surface area contributed by atoms with Crippen LogP contribution in [0.2, 0.25) is 0 Å². The van der Waals surface area contributed by atoms with E-state index >= 15 is 0 Å². The zero-order chi connectivity index (χ0) is 15.1. The number of hydrogen-bond acceptors (Lipinski definition) is 3. The molecular weight excluding hydrogens is 259 g/mol. The van der Waals surface area contributed by atoms with Crippen LogP contribution in [0.25, 0.3) is 0 Å². The molecule has 0 unspecified atom stereocenters. The Morgan fingerprint density at radius 3 is 2.60 bits per heavy atom. The maximum atomic E-state index is 13.2. The lowest BCUT2D eigenvalue weighted by atomic mass is 10.1. The van der Waals surface area contributed by atoms with Gasteiger partial charge in [0.2, 0.25) is 0 Å². The van der Waals surface area contributed by atoms with E-state index in [-0.39, 0.29) is 30.4 Å². The van der Waals surface area contributed by atoms with Crippen LogP contribution in [0, 0.1) is 5.82 Å². The number of amides is 1. The molecule has 0 heterocycles. The molecule has 3 N–H and O–H groups in total. The van der Waals surface area contributed by atoms with Crippen LogP contribution in [0.15, 0.2) is 18.2 Å². The molecule has 0 saturated carbocycles. The minimum Gasteiger partial charge on any atom is -0.483 e. The SMILES string of the molecule is CCC(CC)NC(=O)COc1ccc(F)cc1[C@H](C)N. The molecule has 0 aliphatic rings. The number of benzene rings is 1. The second-order valence-corrected chi connectivity index (χ2v) is 4.84. The summed E-state index contributed by atoms with van der Waals surface area (Å²) in [7, 11) is 0. The van der Waals surface area contributed by atoms with Crippen molar-refractivity contribution < 1.29 is 13.9 Å². The minimum absolute atomic E-state index is 0.0954. The van der Waals surface area contributed by atoms with Crippen LogP contribution >= 0.6 is 0 Å². The number of carbonyl (C=O) groups is 1. The van der Waals surface area contributed by atoms with Gasteiger partial charge >= 0.3 is 0 Å². The quantitative estimate of drug-likeness (QED) is 0.807. The molecule has 0 aliphatic heterocycles. The van der Waals surface area contributed by atoms with Gasteiger partial charge in [0.05, 0.1) is 0 Å². The highest BCUT2D eigenvalue weighted by Gasteiger charge is 2.13. The molecule has 0 fully saturated rings. The van der Waals surface area contributed by atoms with Gasteiger partial charge in [-0.05, 0) is 38.0 Å². The van der Waals surface area contributed by atoms with Crippen molar-refractivity contribution in [2.24, 2.45) is 5.73 Å². The Hall–Kier alpha value is -1.62. The number of nitrogens with two attached hydrogens (primary N) is 1. The summed E-state index contributed by atoms with van der Waals surface area (Å²) < 4.78 is 18.6. The van der Waals surface area contributed by atoms with Crippen LogP contribution in [-0.2, 0) is 4.79 Å². The maximum Gasteiger partial charge on any atom is 0.258 e. The Balaban J connectivity index is 2.63. The molecule has 0 aliphatic carbocycles. The van der Waals surface area contributed by atoms with Crippen molar-refractivity contribution in [3.05, 3.63) is 29.6 Å². The Morgan fingerprint density at radius 1 is 1.40 bits per heavy atom. The Bertz CT molecular complexity index is 445. The highest BCUT2D eigenvalue weighted by Crippen LogP contribution is 2.24. The molecule has 0 bridgehead atoms. The van der Waals surface area contributed by atoms with E-state index in [4.69, 9.17) is 10.5 Å². The van der Waals surface area contributed by atoms with E-state index in [1.807, 2.05) is 13.8 Å². The average molecular weight is 282 g/mol. The molecule has 1 aromatic rings. The standard InChI is InChI=1S/C15H23FN2O2/c1-4-12(5-2)18-15(19)9-20-14-7-6-11(16)8-13(14)10(3)17/h6-8,10,12H,4-5,9,17H2,1-3H3,(H,18,19)/t10-/m0/s1. The number of rotatable bonds is 7. The van der Waals surface area contributed by atoms with E-state index in [9.17, 15) is 9.18 Å². The van der Waals surface area contributed by atoms with Gasteiger partial charge in [-0.2, -0.15) is 0 Å². The monoisotopic (exact) mass is 282 g/mol. The van der Waals surface area contributed by atoms with Crippen LogP contribution in [0.5, 0.6) is 5.75 Å². The van der Waals surface area contributed by atoms with Gasteiger partial charge in [0, 0.05) is 17.6 Å². The zero-order valence-corrected chi connectivity index (χ0v) is 12.3. The lowest BCUT2D eigenvalue weighted by Gasteiger charge is -2.17. The van der Waals surface area contributed by atoms with Crippen LogP contribution < -0.4 is 15.8 Å². The first-order valence-electron chi connectivity index (χ1n) is 6.95. The van der Waals surface area contributed by atoms with Crippen molar-refractivity contribution in [2.75, 3.05) is 6.61 Å². The molecule has 1 aromatic carbocycles. The first-order chi connectivity index (χ1) is 9.47. The summed E-state index contributed by atoms with van der Waals surface area (Å²) in [4.78, 5) is 11.8. The first-order valence-corrected chi connectivity index (χ1v) is 6.95. The molecule has 1 rings (SSSR count). The van der Waals surface area contributed by atoms with Crippen LogP contribution in [0.1, 0.15) is 45.2 Å². The molecule has 4 nitrogen and oxygen atoms in total.